The Morgan fingerprint density at radius 1 is 1.06 bits per heavy atom. The summed E-state index contributed by atoms with van der Waals surface area (Å²) in [4.78, 5) is 2.83. The molecule has 0 amide bonds. The Kier molecular flexibility index (Phi) is 3.36. The fraction of sp³-hybridized carbons (Fsp3) is 1.00. The summed E-state index contributed by atoms with van der Waals surface area (Å²) in [5.41, 5.74) is 0.519. The Morgan fingerprint density at radius 3 is 1.94 bits per heavy atom. The van der Waals surface area contributed by atoms with E-state index in [9.17, 15) is 0 Å². The lowest BCUT2D eigenvalue weighted by molar-refractivity contribution is 0.0472. The topological polar surface area (TPSA) is 3.24 Å². The van der Waals surface area contributed by atoms with Gasteiger partial charge >= 0.3 is 0 Å². The van der Waals surface area contributed by atoms with E-state index in [0.29, 0.717) is 5.41 Å². The van der Waals surface area contributed by atoms with Gasteiger partial charge in [0.05, 0.1) is 0 Å². The van der Waals surface area contributed by atoms with Crippen LogP contribution in [-0.4, -0.2) is 23.5 Å². The van der Waals surface area contributed by atoms with Crippen molar-refractivity contribution in [1.29, 1.82) is 0 Å². The molecule has 3 atom stereocenters. The molecule has 2 aliphatic heterocycles. The quantitative estimate of drug-likeness (QED) is 0.685. The van der Waals surface area contributed by atoms with Crippen LogP contribution < -0.4 is 0 Å². The maximum atomic E-state index is 2.83. The molecule has 0 aromatic rings. The molecule has 0 N–H and O–H groups in total. The van der Waals surface area contributed by atoms with E-state index < -0.39 is 0 Å². The predicted octanol–water partition coefficient (Wildman–Crippen LogP) is 3.93. The second kappa shape index (κ2) is 4.33. The largest absolute Gasteiger partial charge is 0.297 e. The highest BCUT2D eigenvalue weighted by molar-refractivity contribution is 4.97. The fourth-order valence-corrected chi connectivity index (χ4v) is 3.70. The molecule has 2 fully saturated rings. The Bertz CT molecular complexity index is 224. The summed E-state index contributed by atoms with van der Waals surface area (Å²) in [6.07, 6.45) is 5.83. The lowest BCUT2D eigenvalue weighted by Gasteiger charge is -2.44. The van der Waals surface area contributed by atoms with Gasteiger partial charge in [-0.1, -0.05) is 34.6 Å². The first kappa shape index (κ1) is 12.4. The summed E-state index contributed by atoms with van der Waals surface area (Å²) in [6.45, 7) is 13.3. The van der Waals surface area contributed by atoms with Crippen LogP contribution in [0.25, 0.3) is 0 Å². The molecule has 0 aliphatic carbocycles. The van der Waals surface area contributed by atoms with Crippen molar-refractivity contribution < 1.29 is 0 Å². The van der Waals surface area contributed by atoms with E-state index in [1.165, 1.54) is 32.2 Å². The zero-order valence-electron chi connectivity index (χ0n) is 11.8. The van der Waals surface area contributed by atoms with Gasteiger partial charge in [0, 0.05) is 18.6 Å². The molecule has 0 spiro atoms. The van der Waals surface area contributed by atoms with Crippen LogP contribution in [0.1, 0.15) is 60.3 Å². The number of nitrogens with zero attached hydrogens (tertiary/aromatic N) is 1. The van der Waals surface area contributed by atoms with Gasteiger partial charge in [0.2, 0.25) is 0 Å². The van der Waals surface area contributed by atoms with E-state index >= 15 is 0 Å². The van der Waals surface area contributed by atoms with Crippen molar-refractivity contribution in [3.63, 3.8) is 0 Å². The van der Waals surface area contributed by atoms with E-state index in [4.69, 9.17) is 0 Å². The highest BCUT2D eigenvalue weighted by Crippen LogP contribution is 2.45. The number of hydrogen-bond donors (Lipinski definition) is 0. The molecular weight excluding hydrogens is 194 g/mol. The molecule has 94 valence electrons. The lowest BCUT2D eigenvalue weighted by atomic mass is 9.73. The number of piperidine rings is 1. The molecule has 0 aromatic carbocycles. The standard InChI is InChI=1S/C15H29N/c1-11(2)10-16-13-6-7-14(16)9-12(8-13)15(3,4)5/h11-14H,6-10H2,1-5H3/t12?,13-,14+. The molecular formula is C15H29N. The van der Waals surface area contributed by atoms with Crippen LogP contribution in [0.4, 0.5) is 0 Å². The summed E-state index contributed by atoms with van der Waals surface area (Å²) in [7, 11) is 0. The Labute approximate surface area is 102 Å². The van der Waals surface area contributed by atoms with E-state index in [-0.39, 0.29) is 0 Å². The SMILES string of the molecule is CC(C)CN1[C@@H]2CC[C@H]1CC(C(C)(C)C)C2. The molecule has 2 heterocycles. The minimum Gasteiger partial charge on any atom is -0.297 e. The van der Waals surface area contributed by atoms with E-state index in [0.717, 1.165) is 23.9 Å². The van der Waals surface area contributed by atoms with Crippen molar-refractivity contribution in [1.82, 2.24) is 4.90 Å². The summed E-state index contributed by atoms with van der Waals surface area (Å²) in [6, 6.07) is 1.82. The van der Waals surface area contributed by atoms with Crippen molar-refractivity contribution in [3.8, 4) is 0 Å². The molecule has 2 saturated heterocycles. The summed E-state index contributed by atoms with van der Waals surface area (Å²) < 4.78 is 0. The van der Waals surface area contributed by atoms with E-state index in [1.807, 2.05) is 0 Å². The zero-order chi connectivity index (χ0) is 11.9. The summed E-state index contributed by atoms with van der Waals surface area (Å²) >= 11 is 0. The van der Waals surface area contributed by atoms with Crippen LogP contribution in [0, 0.1) is 17.3 Å². The monoisotopic (exact) mass is 223 g/mol. The molecule has 2 aliphatic rings. The molecule has 16 heavy (non-hydrogen) atoms. The first-order valence-corrected chi connectivity index (χ1v) is 7.13. The number of hydrogen-bond acceptors (Lipinski definition) is 1. The van der Waals surface area contributed by atoms with Crippen molar-refractivity contribution in [3.05, 3.63) is 0 Å². The normalized spacial score (nSPS) is 36.0. The van der Waals surface area contributed by atoms with Crippen molar-refractivity contribution in [2.45, 2.75) is 72.4 Å². The van der Waals surface area contributed by atoms with Gasteiger partial charge < -0.3 is 0 Å². The van der Waals surface area contributed by atoms with Crippen LogP contribution in [-0.2, 0) is 0 Å². The predicted molar refractivity (Wildman–Crippen MR) is 70.5 cm³/mol. The van der Waals surface area contributed by atoms with E-state index in [2.05, 4.69) is 39.5 Å². The molecule has 2 rings (SSSR count). The van der Waals surface area contributed by atoms with Crippen LogP contribution >= 0.6 is 0 Å². The minimum atomic E-state index is 0.519. The van der Waals surface area contributed by atoms with Crippen LogP contribution in [0.3, 0.4) is 0 Å². The minimum absolute atomic E-state index is 0.519. The lowest BCUT2D eigenvalue weighted by Crippen LogP contribution is -2.47. The summed E-state index contributed by atoms with van der Waals surface area (Å²) in [5, 5.41) is 0. The fourth-order valence-electron chi connectivity index (χ4n) is 3.70. The van der Waals surface area contributed by atoms with Crippen molar-refractivity contribution in [2.24, 2.45) is 17.3 Å². The Balaban J connectivity index is 2.01. The molecule has 0 saturated carbocycles. The van der Waals surface area contributed by atoms with Gasteiger partial charge in [-0.05, 0) is 42.9 Å². The van der Waals surface area contributed by atoms with Crippen molar-refractivity contribution in [2.75, 3.05) is 6.54 Å². The second-order valence-corrected chi connectivity index (χ2v) is 7.51. The van der Waals surface area contributed by atoms with Gasteiger partial charge in [-0.25, -0.2) is 0 Å². The molecule has 1 nitrogen and oxygen atoms in total. The van der Waals surface area contributed by atoms with Gasteiger partial charge in [0.15, 0.2) is 0 Å². The number of fused-ring (bicyclic) bond motifs is 2. The van der Waals surface area contributed by atoms with Gasteiger partial charge in [-0.15, -0.1) is 0 Å². The van der Waals surface area contributed by atoms with Gasteiger partial charge in [0.1, 0.15) is 0 Å². The number of rotatable bonds is 2. The van der Waals surface area contributed by atoms with Gasteiger partial charge in [-0.3, -0.25) is 4.90 Å². The molecule has 1 unspecified atom stereocenters. The van der Waals surface area contributed by atoms with E-state index in [1.54, 1.807) is 0 Å². The van der Waals surface area contributed by atoms with Gasteiger partial charge in [0.25, 0.3) is 0 Å². The molecule has 1 heteroatoms. The average Bonchev–Trinajstić information content (AvgIpc) is 2.40. The molecule has 0 aromatic heterocycles. The first-order valence-electron chi connectivity index (χ1n) is 7.13. The van der Waals surface area contributed by atoms with Gasteiger partial charge in [-0.2, -0.15) is 0 Å². The average molecular weight is 223 g/mol. The van der Waals surface area contributed by atoms with Crippen LogP contribution in [0.15, 0.2) is 0 Å². The second-order valence-electron chi connectivity index (χ2n) is 7.51. The highest BCUT2D eigenvalue weighted by Gasteiger charge is 2.43. The third kappa shape index (κ3) is 2.45. The zero-order valence-corrected chi connectivity index (χ0v) is 11.8. The highest BCUT2D eigenvalue weighted by atomic mass is 15.2. The van der Waals surface area contributed by atoms with Crippen LogP contribution in [0.2, 0.25) is 0 Å². The van der Waals surface area contributed by atoms with Crippen LogP contribution in [0.5, 0.6) is 0 Å². The Morgan fingerprint density at radius 2 is 1.56 bits per heavy atom. The maximum Gasteiger partial charge on any atom is 0.0102 e. The molecule has 0 radical (unpaired) electrons. The molecule has 2 bridgehead atoms. The Hall–Kier alpha value is -0.0400. The van der Waals surface area contributed by atoms with Crippen molar-refractivity contribution >= 4 is 0 Å². The summed E-state index contributed by atoms with van der Waals surface area (Å²) in [5.74, 6) is 1.78. The third-order valence-electron chi connectivity index (χ3n) is 4.69. The smallest absolute Gasteiger partial charge is 0.0102 e. The third-order valence-corrected chi connectivity index (χ3v) is 4.69. The maximum absolute atomic E-state index is 2.83. The first-order chi connectivity index (χ1) is 7.38.